The van der Waals surface area contributed by atoms with Crippen molar-refractivity contribution in [1.29, 1.82) is 0 Å². The minimum atomic E-state index is -3.88. The number of nitrogens with one attached hydrogen (secondary N) is 1. The van der Waals surface area contributed by atoms with Crippen LogP contribution in [0.1, 0.15) is 55.5 Å². The van der Waals surface area contributed by atoms with Gasteiger partial charge in [0.2, 0.25) is 10.0 Å². The van der Waals surface area contributed by atoms with Crippen LogP contribution in [-0.2, 0) is 30.9 Å². The normalized spacial score (nSPS) is 14.9. The molecule has 0 fully saturated rings. The molecule has 3 aromatic rings. The molecule has 0 radical (unpaired) electrons. The molecule has 4 rings (SSSR count). The number of rotatable bonds is 7. The molecule has 9 heteroatoms. The zero-order valence-corrected chi connectivity index (χ0v) is 26.8. The van der Waals surface area contributed by atoms with Crippen molar-refractivity contribution in [2.75, 3.05) is 13.1 Å². The summed E-state index contributed by atoms with van der Waals surface area (Å²) in [6.07, 6.45) is 1.13. The molecule has 0 bridgehead atoms. The molecule has 1 heterocycles. The van der Waals surface area contributed by atoms with E-state index in [1.54, 1.807) is 63.2 Å². The summed E-state index contributed by atoms with van der Waals surface area (Å²) in [6, 6.07) is 20.6. The Labute approximate surface area is 265 Å². The molecule has 45 heavy (non-hydrogen) atoms. The highest BCUT2D eigenvalue weighted by molar-refractivity contribution is 7.89. The predicted molar refractivity (Wildman–Crippen MR) is 173 cm³/mol. The van der Waals surface area contributed by atoms with Crippen LogP contribution < -0.4 is 5.32 Å². The molecule has 232 valence electrons. The lowest BCUT2D eigenvalue weighted by Crippen LogP contribution is -2.42. The van der Waals surface area contributed by atoms with Gasteiger partial charge in [-0.15, -0.1) is 0 Å². The summed E-state index contributed by atoms with van der Waals surface area (Å²) in [5.41, 5.74) is 3.44. The van der Waals surface area contributed by atoms with Crippen LogP contribution in [0.2, 0.25) is 0 Å². The van der Waals surface area contributed by atoms with Crippen LogP contribution in [0.25, 0.3) is 6.08 Å². The van der Waals surface area contributed by atoms with Gasteiger partial charge in [0.25, 0.3) is 0 Å². The van der Waals surface area contributed by atoms with Gasteiger partial charge in [-0.3, -0.25) is 0 Å². The zero-order chi connectivity index (χ0) is 32.6. The number of esters is 1. The molecule has 0 saturated heterocycles. The highest BCUT2D eigenvalue weighted by atomic mass is 32.2. The Bertz CT molecular complexity index is 1820. The first-order valence-corrected chi connectivity index (χ1v) is 15.9. The van der Waals surface area contributed by atoms with Gasteiger partial charge in [0, 0.05) is 28.8 Å². The third-order valence-corrected chi connectivity index (χ3v) is 8.39. The van der Waals surface area contributed by atoms with Crippen molar-refractivity contribution >= 4 is 28.2 Å². The number of alkyl carbamates (subject to hydrolysis) is 1. The molecule has 0 aliphatic carbocycles. The first kappa shape index (κ1) is 33.1. The van der Waals surface area contributed by atoms with E-state index >= 15 is 0 Å². The van der Waals surface area contributed by atoms with Crippen molar-refractivity contribution in [3.8, 4) is 23.7 Å². The lowest BCUT2D eigenvalue weighted by Gasteiger charge is -2.21. The van der Waals surface area contributed by atoms with Crippen LogP contribution in [0.4, 0.5) is 4.79 Å². The monoisotopic (exact) mass is 624 g/mol. The number of fused-ring (bicyclic) bond motifs is 1. The Morgan fingerprint density at radius 2 is 1.69 bits per heavy atom. The van der Waals surface area contributed by atoms with Gasteiger partial charge in [-0.25, -0.2) is 18.0 Å². The maximum Gasteiger partial charge on any atom is 0.408 e. The van der Waals surface area contributed by atoms with E-state index < -0.39 is 33.7 Å². The second kappa shape index (κ2) is 14.3. The van der Waals surface area contributed by atoms with E-state index in [9.17, 15) is 18.0 Å². The van der Waals surface area contributed by atoms with E-state index in [2.05, 4.69) is 29.0 Å². The van der Waals surface area contributed by atoms with Gasteiger partial charge in [-0.1, -0.05) is 83.8 Å². The number of carbonyl (C=O) groups excluding carboxylic acids is 2. The molecule has 0 saturated carbocycles. The van der Waals surface area contributed by atoms with Gasteiger partial charge in [-0.2, -0.15) is 4.31 Å². The fraction of sp³-hybridized carbons (Fsp3) is 0.278. The summed E-state index contributed by atoms with van der Waals surface area (Å²) in [4.78, 5) is 25.0. The van der Waals surface area contributed by atoms with Gasteiger partial charge < -0.3 is 14.8 Å². The van der Waals surface area contributed by atoms with Crippen molar-refractivity contribution in [2.45, 2.75) is 57.8 Å². The van der Waals surface area contributed by atoms with Gasteiger partial charge in [0.1, 0.15) is 18.2 Å². The fourth-order valence-corrected chi connectivity index (χ4v) is 5.62. The summed E-state index contributed by atoms with van der Waals surface area (Å²) < 4.78 is 39.5. The summed E-state index contributed by atoms with van der Waals surface area (Å²) in [5.74, 6) is 11.8. The van der Waals surface area contributed by atoms with Crippen molar-refractivity contribution < 1.29 is 27.5 Å². The third kappa shape index (κ3) is 9.33. The molecule has 1 atom stereocenters. The standard InChI is InChI=1S/C36H36N2O6S/c1-26-16-19-32(20-17-26)45(41,42)38-22-10-15-30-13-9-14-31(25-43-34(39)27(2)37-35(40)44-36(3,4)5)33(30)21-18-29(24-38)23-28-11-7-6-8-12-28/h6-9,11-14,16-17,19-20,23,27H,22,24-25H2,1-5H3,(H,37,40)/b29-23+/t27-/m0/s1. The van der Waals surface area contributed by atoms with Crippen molar-refractivity contribution in [3.63, 3.8) is 0 Å². The van der Waals surface area contributed by atoms with E-state index in [0.29, 0.717) is 22.3 Å². The summed E-state index contributed by atoms with van der Waals surface area (Å²) in [5, 5.41) is 2.48. The van der Waals surface area contributed by atoms with Gasteiger partial charge in [-0.05, 0) is 64.5 Å². The summed E-state index contributed by atoms with van der Waals surface area (Å²) >= 11 is 0. The first-order chi connectivity index (χ1) is 21.3. The van der Waals surface area contributed by atoms with Crippen molar-refractivity contribution in [2.24, 2.45) is 0 Å². The van der Waals surface area contributed by atoms with E-state index in [1.807, 2.05) is 43.3 Å². The lowest BCUT2D eigenvalue weighted by molar-refractivity contribution is -0.147. The van der Waals surface area contributed by atoms with E-state index in [0.717, 1.165) is 11.1 Å². The SMILES string of the molecule is Cc1ccc(S(=O)(=O)N2CC#Cc3cccc(COC(=O)[C@H](C)NC(=O)OC(C)(C)C)c3C#C/C(=C\c3ccccc3)C2)cc1. The Morgan fingerprint density at radius 3 is 2.38 bits per heavy atom. The number of aryl methyl sites for hydroxylation is 1. The summed E-state index contributed by atoms with van der Waals surface area (Å²) in [6.45, 7) is 8.44. The molecule has 3 aromatic carbocycles. The van der Waals surface area contributed by atoms with E-state index in [-0.39, 0.29) is 24.6 Å². The predicted octanol–water partition coefficient (Wildman–Crippen LogP) is 5.44. The van der Waals surface area contributed by atoms with Crippen LogP contribution in [0.5, 0.6) is 0 Å². The number of ether oxygens (including phenoxy) is 2. The molecule has 1 aliphatic heterocycles. The van der Waals surface area contributed by atoms with Crippen LogP contribution in [0.3, 0.4) is 0 Å². The molecular weight excluding hydrogens is 588 g/mol. The first-order valence-electron chi connectivity index (χ1n) is 14.4. The molecular formula is C36H36N2O6S. The maximum atomic E-state index is 13.7. The second-order valence-corrected chi connectivity index (χ2v) is 13.5. The van der Waals surface area contributed by atoms with Crippen molar-refractivity contribution in [1.82, 2.24) is 9.62 Å². The quantitative estimate of drug-likeness (QED) is 0.278. The summed E-state index contributed by atoms with van der Waals surface area (Å²) in [7, 11) is -3.88. The number of hydrogen-bond acceptors (Lipinski definition) is 6. The van der Waals surface area contributed by atoms with Gasteiger partial charge in [0.15, 0.2) is 0 Å². The lowest BCUT2D eigenvalue weighted by atomic mass is 10.0. The van der Waals surface area contributed by atoms with Crippen LogP contribution in [-0.4, -0.2) is 49.5 Å². The highest BCUT2D eigenvalue weighted by Gasteiger charge is 2.25. The Kier molecular flexibility index (Phi) is 10.5. The molecule has 0 spiro atoms. The van der Waals surface area contributed by atoms with Crippen LogP contribution in [0, 0.1) is 30.6 Å². The molecule has 1 N–H and O–H groups in total. The Hall–Kier alpha value is -4.83. The number of amides is 1. The topological polar surface area (TPSA) is 102 Å². The fourth-order valence-electron chi connectivity index (χ4n) is 4.30. The minimum absolute atomic E-state index is 0.00706. The maximum absolute atomic E-state index is 13.7. The highest BCUT2D eigenvalue weighted by Crippen LogP contribution is 2.21. The molecule has 0 unspecified atom stereocenters. The molecule has 8 nitrogen and oxygen atoms in total. The third-order valence-electron chi connectivity index (χ3n) is 6.58. The Balaban J connectivity index is 1.65. The van der Waals surface area contributed by atoms with Gasteiger partial charge in [0.05, 0.1) is 11.4 Å². The zero-order valence-electron chi connectivity index (χ0n) is 26.0. The molecule has 0 aromatic heterocycles. The van der Waals surface area contributed by atoms with Crippen molar-refractivity contribution in [3.05, 3.63) is 106 Å². The van der Waals surface area contributed by atoms with Crippen LogP contribution in [0.15, 0.2) is 83.3 Å². The average Bonchev–Trinajstić information content (AvgIpc) is 2.98. The number of sulfonamides is 1. The smallest absolute Gasteiger partial charge is 0.408 e. The number of carbonyl (C=O) groups is 2. The van der Waals surface area contributed by atoms with E-state index in [4.69, 9.17) is 9.47 Å². The number of nitrogens with zero attached hydrogens (tertiary/aromatic N) is 1. The largest absolute Gasteiger partial charge is 0.459 e. The second-order valence-electron chi connectivity index (χ2n) is 11.5. The average molecular weight is 625 g/mol. The Morgan fingerprint density at radius 1 is 0.978 bits per heavy atom. The van der Waals surface area contributed by atoms with E-state index in [1.165, 1.54) is 11.2 Å². The number of hydrogen-bond donors (Lipinski definition) is 1. The molecule has 1 aliphatic rings. The minimum Gasteiger partial charge on any atom is -0.459 e. The van der Waals surface area contributed by atoms with Crippen LogP contribution >= 0.6 is 0 Å². The molecule has 1 amide bonds. The number of benzene rings is 3. The van der Waals surface area contributed by atoms with Gasteiger partial charge >= 0.3 is 12.1 Å².